The van der Waals surface area contributed by atoms with Crippen molar-refractivity contribution in [1.29, 1.82) is 0 Å². The van der Waals surface area contributed by atoms with Gasteiger partial charge in [-0.3, -0.25) is 4.79 Å². The van der Waals surface area contributed by atoms with E-state index < -0.39 is 0 Å². The van der Waals surface area contributed by atoms with Crippen LogP contribution >= 0.6 is 0 Å². The lowest BCUT2D eigenvalue weighted by atomic mass is 10.2. The lowest BCUT2D eigenvalue weighted by molar-refractivity contribution is 0.102. The molecule has 2 heteroatoms. The van der Waals surface area contributed by atoms with E-state index in [1.807, 2.05) is 48.5 Å². The topological polar surface area (TPSA) is 17.1 Å². The van der Waals surface area contributed by atoms with E-state index in [4.69, 9.17) is 0 Å². The first kappa shape index (κ1) is 12.9. The Morgan fingerprint density at radius 1 is 0.944 bits per heavy atom. The van der Waals surface area contributed by atoms with E-state index in [-0.39, 0.29) is 16.7 Å². The van der Waals surface area contributed by atoms with Gasteiger partial charge in [-0.1, -0.05) is 48.5 Å². The van der Waals surface area contributed by atoms with Crippen molar-refractivity contribution >= 4 is 16.7 Å². The molecule has 0 N–H and O–H groups in total. The van der Waals surface area contributed by atoms with Gasteiger partial charge < -0.3 is 0 Å². The van der Waals surface area contributed by atoms with Gasteiger partial charge in [0.15, 0.2) is 10.6 Å². The smallest absolute Gasteiger partial charge is 0.212 e. The third-order valence-corrected chi connectivity index (χ3v) is 5.07. The minimum Gasteiger partial charge on any atom is -0.289 e. The molecule has 0 saturated carbocycles. The van der Waals surface area contributed by atoms with E-state index in [0.717, 1.165) is 11.3 Å². The molecule has 0 heterocycles. The number of hydrogen-bond acceptors (Lipinski definition) is 1. The summed E-state index contributed by atoms with van der Waals surface area (Å²) in [6, 6.07) is 19.9. The number of rotatable bonds is 5. The Bertz CT molecular complexity index is 493. The van der Waals surface area contributed by atoms with Gasteiger partial charge in [-0.15, -0.1) is 0 Å². The van der Waals surface area contributed by atoms with Crippen LogP contribution < -0.4 is 0 Å². The lowest BCUT2D eigenvalue weighted by Crippen LogP contribution is -2.18. The number of Topliss-reactive ketones (excluding diaryl/α,β-unsaturated/α-hetero) is 1. The largest absolute Gasteiger partial charge is 0.289 e. The highest BCUT2D eigenvalue weighted by atomic mass is 32.2. The van der Waals surface area contributed by atoms with Gasteiger partial charge in [-0.05, 0) is 19.1 Å². The van der Waals surface area contributed by atoms with Crippen molar-refractivity contribution in [1.82, 2.24) is 0 Å². The molecule has 2 aromatic rings. The van der Waals surface area contributed by atoms with Gasteiger partial charge >= 0.3 is 0 Å². The number of carbonyl (C=O) groups is 1. The van der Waals surface area contributed by atoms with Crippen LogP contribution in [0.25, 0.3) is 0 Å². The first-order valence-electron chi connectivity index (χ1n) is 6.12. The van der Waals surface area contributed by atoms with Crippen LogP contribution in [0, 0.1) is 0 Å². The van der Waals surface area contributed by atoms with Gasteiger partial charge in [-0.25, -0.2) is 0 Å². The standard InChI is InChI=1S/C16H17OS/c1-2-18(15-11-7-4-8-12-15)13-16(17)14-9-5-3-6-10-14/h3-12H,2,13H2,1H3/q+1. The second-order valence-corrected chi connectivity index (χ2v) is 6.35. The summed E-state index contributed by atoms with van der Waals surface area (Å²) in [5.41, 5.74) is 0.819. The minimum atomic E-state index is 0.0251. The summed E-state index contributed by atoms with van der Waals surface area (Å²) in [6.45, 7) is 2.15. The van der Waals surface area contributed by atoms with Crippen LogP contribution in [0.3, 0.4) is 0 Å². The Balaban J connectivity index is 2.10. The Morgan fingerprint density at radius 2 is 1.50 bits per heavy atom. The minimum absolute atomic E-state index is 0.0251. The summed E-state index contributed by atoms with van der Waals surface area (Å²) in [7, 11) is 0.0251. The van der Waals surface area contributed by atoms with Gasteiger partial charge in [-0.2, -0.15) is 0 Å². The van der Waals surface area contributed by atoms with E-state index >= 15 is 0 Å². The summed E-state index contributed by atoms with van der Waals surface area (Å²) in [4.78, 5) is 13.5. The molecule has 0 fully saturated rings. The van der Waals surface area contributed by atoms with Crippen molar-refractivity contribution in [2.24, 2.45) is 0 Å². The van der Waals surface area contributed by atoms with Crippen molar-refractivity contribution in [2.45, 2.75) is 11.8 Å². The van der Waals surface area contributed by atoms with Crippen LogP contribution in [-0.4, -0.2) is 17.3 Å². The average Bonchev–Trinajstić information content (AvgIpc) is 2.46. The maximum atomic E-state index is 12.2. The van der Waals surface area contributed by atoms with Crippen molar-refractivity contribution in [3.05, 3.63) is 66.2 Å². The Labute approximate surface area is 111 Å². The van der Waals surface area contributed by atoms with Crippen molar-refractivity contribution in [3.63, 3.8) is 0 Å². The SMILES string of the molecule is CC[S+](CC(=O)c1ccccc1)c1ccccc1. The summed E-state index contributed by atoms with van der Waals surface area (Å²) in [5, 5.41) is 0. The molecule has 1 nitrogen and oxygen atoms in total. The fourth-order valence-electron chi connectivity index (χ4n) is 1.83. The molecule has 0 radical (unpaired) electrons. The van der Waals surface area contributed by atoms with Crippen LogP contribution in [0.15, 0.2) is 65.6 Å². The van der Waals surface area contributed by atoms with E-state index in [2.05, 4.69) is 19.1 Å². The Kier molecular flexibility index (Phi) is 4.59. The van der Waals surface area contributed by atoms with Crippen LogP contribution in [0.1, 0.15) is 17.3 Å². The van der Waals surface area contributed by atoms with Gasteiger partial charge in [0.1, 0.15) is 5.75 Å². The second kappa shape index (κ2) is 6.41. The quantitative estimate of drug-likeness (QED) is 0.591. The van der Waals surface area contributed by atoms with Gasteiger partial charge in [0, 0.05) is 16.5 Å². The molecule has 0 bridgehead atoms. The van der Waals surface area contributed by atoms with Crippen molar-refractivity contribution in [2.75, 3.05) is 11.5 Å². The van der Waals surface area contributed by atoms with E-state index in [9.17, 15) is 4.79 Å². The highest BCUT2D eigenvalue weighted by Gasteiger charge is 2.23. The van der Waals surface area contributed by atoms with Crippen molar-refractivity contribution < 1.29 is 4.79 Å². The summed E-state index contributed by atoms with van der Waals surface area (Å²) >= 11 is 0. The molecular formula is C16H17OS+. The fourth-order valence-corrected chi connectivity index (χ4v) is 3.56. The molecule has 2 rings (SSSR count). The van der Waals surface area contributed by atoms with Crippen LogP contribution in [0.2, 0.25) is 0 Å². The average molecular weight is 257 g/mol. The molecule has 0 spiro atoms. The van der Waals surface area contributed by atoms with Gasteiger partial charge in [0.05, 0.1) is 0 Å². The van der Waals surface area contributed by atoms with Crippen LogP contribution in [-0.2, 0) is 10.9 Å². The number of hydrogen-bond donors (Lipinski definition) is 0. The van der Waals surface area contributed by atoms with E-state index in [1.54, 1.807) is 0 Å². The molecule has 18 heavy (non-hydrogen) atoms. The zero-order valence-corrected chi connectivity index (χ0v) is 11.3. The molecule has 1 unspecified atom stereocenters. The molecule has 0 aromatic heterocycles. The third kappa shape index (κ3) is 3.23. The zero-order valence-electron chi connectivity index (χ0n) is 10.5. The highest BCUT2D eigenvalue weighted by molar-refractivity contribution is 7.97. The van der Waals surface area contributed by atoms with Crippen LogP contribution in [0.4, 0.5) is 0 Å². The lowest BCUT2D eigenvalue weighted by Gasteiger charge is -2.05. The normalized spacial score (nSPS) is 12.1. The number of ketones is 1. The third-order valence-electron chi connectivity index (χ3n) is 2.83. The molecule has 0 saturated heterocycles. The van der Waals surface area contributed by atoms with Gasteiger partial charge in [0.2, 0.25) is 5.78 Å². The predicted molar refractivity (Wildman–Crippen MR) is 78.3 cm³/mol. The summed E-state index contributed by atoms with van der Waals surface area (Å²) in [6.07, 6.45) is 0. The second-order valence-electron chi connectivity index (χ2n) is 4.03. The first-order chi connectivity index (χ1) is 8.81. The molecular weight excluding hydrogens is 240 g/mol. The summed E-state index contributed by atoms with van der Waals surface area (Å²) < 4.78 is 0. The number of carbonyl (C=O) groups excluding carboxylic acids is 1. The molecule has 0 amide bonds. The van der Waals surface area contributed by atoms with Gasteiger partial charge in [0.25, 0.3) is 0 Å². The monoisotopic (exact) mass is 257 g/mol. The molecule has 1 atom stereocenters. The van der Waals surface area contributed by atoms with E-state index in [0.29, 0.717) is 5.75 Å². The Morgan fingerprint density at radius 3 is 2.06 bits per heavy atom. The number of benzene rings is 2. The molecule has 0 aliphatic carbocycles. The molecule has 0 aliphatic heterocycles. The molecule has 92 valence electrons. The first-order valence-corrected chi connectivity index (χ1v) is 7.68. The molecule has 0 aliphatic rings. The van der Waals surface area contributed by atoms with E-state index in [1.165, 1.54) is 4.90 Å². The van der Waals surface area contributed by atoms with Crippen molar-refractivity contribution in [3.8, 4) is 0 Å². The maximum absolute atomic E-state index is 12.2. The highest BCUT2D eigenvalue weighted by Crippen LogP contribution is 2.15. The maximum Gasteiger partial charge on any atom is 0.212 e. The fraction of sp³-hybridized carbons (Fsp3) is 0.188. The summed E-state index contributed by atoms with van der Waals surface area (Å²) in [5.74, 6) is 1.87. The van der Waals surface area contributed by atoms with Crippen LogP contribution in [0.5, 0.6) is 0 Å². The molecule has 2 aromatic carbocycles. The zero-order chi connectivity index (χ0) is 12.8. The Hall–Kier alpha value is -1.54. The predicted octanol–water partition coefficient (Wildman–Crippen LogP) is 3.57.